The summed E-state index contributed by atoms with van der Waals surface area (Å²) in [6, 6.07) is 0. The van der Waals surface area contributed by atoms with Gasteiger partial charge in [-0.3, -0.25) is 4.79 Å². The van der Waals surface area contributed by atoms with Gasteiger partial charge in [0.2, 0.25) is 5.91 Å². The molecule has 2 heterocycles. The third-order valence-corrected chi connectivity index (χ3v) is 4.15. The largest absolute Gasteiger partial charge is 0.372 e. The minimum atomic E-state index is 0.116. The monoisotopic (exact) mass is 327 g/mol. The predicted molar refractivity (Wildman–Crippen MR) is 78.3 cm³/mol. The number of anilines is 2. The molecule has 1 amide bonds. The van der Waals surface area contributed by atoms with Crippen molar-refractivity contribution in [2.45, 2.75) is 12.8 Å². The van der Waals surface area contributed by atoms with E-state index in [-0.39, 0.29) is 11.8 Å². The van der Waals surface area contributed by atoms with Crippen molar-refractivity contribution >= 4 is 33.5 Å². The minimum Gasteiger partial charge on any atom is -0.372 e. The predicted octanol–water partition coefficient (Wildman–Crippen LogP) is 1.24. The maximum absolute atomic E-state index is 11.6. The first-order chi connectivity index (χ1) is 9.17. The molecule has 0 spiro atoms. The van der Waals surface area contributed by atoms with Gasteiger partial charge in [-0.05, 0) is 28.8 Å². The quantitative estimate of drug-likeness (QED) is 0.874. The molecular formula is C12H18BrN5O. The lowest BCUT2D eigenvalue weighted by Gasteiger charge is -2.32. The molecule has 1 fully saturated rings. The van der Waals surface area contributed by atoms with Crippen molar-refractivity contribution in [2.75, 3.05) is 37.4 Å². The third kappa shape index (κ3) is 2.97. The fraction of sp³-hybridized carbons (Fsp3) is 0.583. The minimum absolute atomic E-state index is 0.116. The molecule has 104 valence electrons. The van der Waals surface area contributed by atoms with E-state index in [9.17, 15) is 4.79 Å². The zero-order chi connectivity index (χ0) is 13.8. The van der Waals surface area contributed by atoms with Crippen LogP contribution in [-0.4, -0.2) is 43.1 Å². The van der Waals surface area contributed by atoms with E-state index < -0.39 is 0 Å². The van der Waals surface area contributed by atoms with Crippen LogP contribution in [0.4, 0.5) is 11.6 Å². The number of hydrogen-bond acceptors (Lipinski definition) is 5. The van der Waals surface area contributed by atoms with Crippen LogP contribution in [-0.2, 0) is 4.79 Å². The van der Waals surface area contributed by atoms with E-state index in [2.05, 4.69) is 41.4 Å². The fourth-order valence-electron chi connectivity index (χ4n) is 2.31. The zero-order valence-corrected chi connectivity index (χ0v) is 12.7. The topological polar surface area (TPSA) is 70.2 Å². The Morgan fingerprint density at radius 2 is 2.05 bits per heavy atom. The number of hydrogen-bond donors (Lipinski definition) is 2. The van der Waals surface area contributed by atoms with E-state index in [4.69, 9.17) is 0 Å². The highest BCUT2D eigenvalue weighted by molar-refractivity contribution is 9.10. The lowest BCUT2D eigenvalue weighted by Crippen LogP contribution is -2.40. The molecule has 1 aromatic heterocycles. The normalized spacial score (nSPS) is 16.3. The van der Waals surface area contributed by atoms with Gasteiger partial charge in [0.05, 0.1) is 0 Å². The van der Waals surface area contributed by atoms with E-state index in [0.717, 1.165) is 42.0 Å². The van der Waals surface area contributed by atoms with Gasteiger partial charge in [-0.1, -0.05) is 0 Å². The van der Waals surface area contributed by atoms with Crippen LogP contribution in [0.15, 0.2) is 10.8 Å². The van der Waals surface area contributed by atoms with Crippen LogP contribution in [0.25, 0.3) is 0 Å². The number of amides is 1. The Bertz CT molecular complexity index is 459. The average Bonchev–Trinajstić information content (AvgIpc) is 2.47. The molecule has 0 aromatic carbocycles. The number of piperidine rings is 1. The van der Waals surface area contributed by atoms with Gasteiger partial charge in [-0.2, -0.15) is 0 Å². The number of rotatable bonds is 3. The zero-order valence-electron chi connectivity index (χ0n) is 11.1. The van der Waals surface area contributed by atoms with Crippen LogP contribution in [0.3, 0.4) is 0 Å². The molecule has 0 radical (unpaired) electrons. The second kappa shape index (κ2) is 6.18. The molecule has 1 aliphatic rings. The summed E-state index contributed by atoms with van der Waals surface area (Å²) in [6.45, 7) is 1.66. The highest BCUT2D eigenvalue weighted by atomic mass is 79.9. The molecule has 7 heteroatoms. The van der Waals surface area contributed by atoms with Gasteiger partial charge in [-0.25, -0.2) is 9.97 Å². The Balaban J connectivity index is 2.08. The summed E-state index contributed by atoms with van der Waals surface area (Å²) in [5.41, 5.74) is 0. The Morgan fingerprint density at radius 3 is 2.63 bits per heavy atom. The Morgan fingerprint density at radius 1 is 1.37 bits per heavy atom. The van der Waals surface area contributed by atoms with Crippen LogP contribution in [0.1, 0.15) is 12.8 Å². The van der Waals surface area contributed by atoms with Gasteiger partial charge in [0, 0.05) is 33.1 Å². The Labute approximate surface area is 121 Å². The van der Waals surface area contributed by atoms with Crippen LogP contribution < -0.4 is 15.5 Å². The molecule has 6 nitrogen and oxygen atoms in total. The Hall–Kier alpha value is -1.37. The van der Waals surface area contributed by atoms with Gasteiger partial charge in [0.15, 0.2) is 0 Å². The van der Waals surface area contributed by atoms with Gasteiger partial charge in [0.1, 0.15) is 22.4 Å². The second-order valence-electron chi connectivity index (χ2n) is 4.49. The third-order valence-electron chi connectivity index (χ3n) is 3.42. The number of nitrogens with zero attached hydrogens (tertiary/aromatic N) is 3. The van der Waals surface area contributed by atoms with E-state index >= 15 is 0 Å². The molecule has 1 aliphatic heterocycles. The van der Waals surface area contributed by atoms with E-state index in [0.29, 0.717) is 0 Å². The molecule has 0 atom stereocenters. The van der Waals surface area contributed by atoms with E-state index in [1.165, 1.54) is 0 Å². The molecule has 0 saturated carbocycles. The summed E-state index contributed by atoms with van der Waals surface area (Å²) < 4.78 is 0.871. The molecule has 19 heavy (non-hydrogen) atoms. The van der Waals surface area contributed by atoms with Crippen LogP contribution in [0.5, 0.6) is 0 Å². The SMILES string of the molecule is CNC(=O)C1CCN(c2ncnc(NC)c2Br)CC1. The lowest BCUT2D eigenvalue weighted by molar-refractivity contribution is -0.125. The standard InChI is InChI=1S/C12H18BrN5O/c1-14-10-9(13)11(17-7-16-10)18-5-3-8(4-6-18)12(19)15-2/h7-8H,3-6H2,1-2H3,(H,15,19)(H,14,16,17). The molecule has 0 aliphatic carbocycles. The average molecular weight is 328 g/mol. The molecule has 2 rings (SSSR count). The summed E-state index contributed by atoms with van der Waals surface area (Å²) in [4.78, 5) is 22.3. The first kappa shape index (κ1) is 14.0. The smallest absolute Gasteiger partial charge is 0.222 e. The molecule has 1 saturated heterocycles. The van der Waals surface area contributed by atoms with Crippen molar-refractivity contribution in [3.63, 3.8) is 0 Å². The van der Waals surface area contributed by atoms with Gasteiger partial charge in [0.25, 0.3) is 0 Å². The van der Waals surface area contributed by atoms with E-state index in [1.54, 1.807) is 13.4 Å². The van der Waals surface area contributed by atoms with Crippen molar-refractivity contribution in [1.82, 2.24) is 15.3 Å². The van der Waals surface area contributed by atoms with Gasteiger partial charge < -0.3 is 15.5 Å². The van der Waals surface area contributed by atoms with Crippen LogP contribution in [0.2, 0.25) is 0 Å². The van der Waals surface area contributed by atoms with Crippen LogP contribution in [0, 0.1) is 5.92 Å². The molecule has 0 bridgehead atoms. The molecule has 0 unspecified atom stereocenters. The highest BCUT2D eigenvalue weighted by Crippen LogP contribution is 2.31. The first-order valence-electron chi connectivity index (χ1n) is 6.32. The fourth-order valence-corrected chi connectivity index (χ4v) is 2.97. The summed E-state index contributed by atoms with van der Waals surface area (Å²) in [5, 5.41) is 5.74. The maximum Gasteiger partial charge on any atom is 0.222 e. The summed E-state index contributed by atoms with van der Waals surface area (Å²) in [6.07, 6.45) is 3.26. The number of aromatic nitrogens is 2. The van der Waals surface area contributed by atoms with Crippen molar-refractivity contribution in [3.8, 4) is 0 Å². The second-order valence-corrected chi connectivity index (χ2v) is 5.28. The molecular weight excluding hydrogens is 310 g/mol. The van der Waals surface area contributed by atoms with Gasteiger partial charge in [-0.15, -0.1) is 0 Å². The number of halogens is 1. The van der Waals surface area contributed by atoms with Crippen molar-refractivity contribution in [2.24, 2.45) is 5.92 Å². The number of carbonyl (C=O) groups excluding carboxylic acids is 1. The van der Waals surface area contributed by atoms with Crippen molar-refractivity contribution in [3.05, 3.63) is 10.8 Å². The maximum atomic E-state index is 11.6. The molecule has 2 N–H and O–H groups in total. The lowest BCUT2D eigenvalue weighted by atomic mass is 9.96. The van der Waals surface area contributed by atoms with Gasteiger partial charge >= 0.3 is 0 Å². The first-order valence-corrected chi connectivity index (χ1v) is 7.11. The van der Waals surface area contributed by atoms with Crippen LogP contribution >= 0.6 is 15.9 Å². The summed E-state index contributed by atoms with van der Waals surface area (Å²) >= 11 is 3.53. The Kier molecular flexibility index (Phi) is 4.57. The van der Waals surface area contributed by atoms with E-state index in [1.807, 2.05) is 7.05 Å². The van der Waals surface area contributed by atoms with Crippen molar-refractivity contribution < 1.29 is 4.79 Å². The highest BCUT2D eigenvalue weighted by Gasteiger charge is 2.26. The molecule has 1 aromatic rings. The number of carbonyl (C=O) groups is 1. The summed E-state index contributed by atoms with van der Waals surface area (Å²) in [5.74, 6) is 1.91. The number of nitrogens with one attached hydrogen (secondary N) is 2. The van der Waals surface area contributed by atoms with Crippen molar-refractivity contribution in [1.29, 1.82) is 0 Å². The summed E-state index contributed by atoms with van der Waals surface area (Å²) in [7, 11) is 3.52.